The number of nitrogens with zero attached hydrogens (tertiary/aromatic N) is 1. The van der Waals surface area contributed by atoms with Crippen LogP contribution in [-0.2, 0) is 4.79 Å². The molecule has 0 aromatic heterocycles. The smallest absolute Gasteiger partial charge is 0.245 e. The van der Waals surface area contributed by atoms with Crippen LogP contribution in [0.15, 0.2) is 12.1 Å². The third-order valence-electron chi connectivity index (χ3n) is 3.30. The van der Waals surface area contributed by atoms with Gasteiger partial charge in [-0.2, -0.15) is 0 Å². The number of rotatable bonds is 3. The van der Waals surface area contributed by atoms with Gasteiger partial charge in [0.05, 0.1) is 17.3 Å². The molecule has 0 radical (unpaired) electrons. The lowest BCUT2D eigenvalue weighted by molar-refractivity contribution is -0.116. The van der Waals surface area contributed by atoms with Crippen LogP contribution < -0.4 is 16.0 Å². The van der Waals surface area contributed by atoms with Crippen LogP contribution in [0.4, 0.5) is 11.4 Å². The summed E-state index contributed by atoms with van der Waals surface area (Å²) in [5.41, 5.74) is 7.89. The van der Waals surface area contributed by atoms with Crippen molar-refractivity contribution in [3.8, 4) is 0 Å². The van der Waals surface area contributed by atoms with E-state index in [4.69, 9.17) is 22.4 Å². The number of carbonyl (C=O) groups is 1. The molecule has 2 unspecified atom stereocenters. The second kappa shape index (κ2) is 4.76. The van der Waals surface area contributed by atoms with E-state index in [2.05, 4.69) is 5.32 Å². The SMILES string of the molecule is CC(CO)N(C)c1cc2c(cc1Cl)C(N)C(=O)N2. The molecule has 1 heterocycles. The number of hydrogen-bond acceptors (Lipinski definition) is 4. The number of likely N-dealkylation sites (N-methyl/N-ethyl adjacent to an activating group) is 1. The fourth-order valence-corrected chi connectivity index (χ4v) is 2.23. The molecule has 0 spiro atoms. The number of fused-ring (bicyclic) bond motifs is 1. The molecule has 2 rings (SSSR count). The van der Waals surface area contributed by atoms with E-state index in [-0.39, 0.29) is 18.6 Å². The molecular formula is C12H16ClN3O2. The van der Waals surface area contributed by atoms with Crippen LogP contribution in [0.2, 0.25) is 5.02 Å². The van der Waals surface area contributed by atoms with Gasteiger partial charge in [0.1, 0.15) is 6.04 Å². The number of anilines is 2. The Hall–Kier alpha value is -1.30. The first kappa shape index (κ1) is 13.1. The minimum Gasteiger partial charge on any atom is -0.394 e. The lowest BCUT2D eigenvalue weighted by Crippen LogP contribution is -2.32. The second-order valence-electron chi connectivity index (χ2n) is 4.50. The summed E-state index contributed by atoms with van der Waals surface area (Å²) in [5.74, 6) is -0.226. The first-order chi connectivity index (χ1) is 8.45. The zero-order chi connectivity index (χ0) is 13.4. The first-order valence-corrected chi connectivity index (χ1v) is 6.07. The molecule has 0 saturated carbocycles. The zero-order valence-corrected chi connectivity index (χ0v) is 11.0. The van der Waals surface area contributed by atoms with Gasteiger partial charge >= 0.3 is 0 Å². The van der Waals surface area contributed by atoms with Crippen LogP contribution in [0.25, 0.3) is 0 Å². The molecule has 1 aliphatic heterocycles. The van der Waals surface area contributed by atoms with Gasteiger partial charge in [0.2, 0.25) is 5.91 Å². The average Bonchev–Trinajstić information content (AvgIpc) is 2.63. The van der Waals surface area contributed by atoms with Crippen LogP contribution in [0.5, 0.6) is 0 Å². The Morgan fingerprint density at radius 2 is 2.28 bits per heavy atom. The number of aliphatic hydroxyl groups is 1. The molecule has 18 heavy (non-hydrogen) atoms. The lowest BCUT2D eigenvalue weighted by Gasteiger charge is -2.27. The summed E-state index contributed by atoms with van der Waals surface area (Å²) >= 11 is 6.20. The van der Waals surface area contributed by atoms with Crippen molar-refractivity contribution in [2.45, 2.75) is 19.0 Å². The second-order valence-corrected chi connectivity index (χ2v) is 4.91. The molecule has 0 saturated heterocycles. The Morgan fingerprint density at radius 3 is 2.89 bits per heavy atom. The maximum absolute atomic E-state index is 11.5. The molecule has 1 aromatic rings. The van der Waals surface area contributed by atoms with Crippen molar-refractivity contribution in [2.24, 2.45) is 5.73 Å². The number of aliphatic hydroxyl groups excluding tert-OH is 1. The van der Waals surface area contributed by atoms with Gasteiger partial charge in [-0.3, -0.25) is 4.79 Å². The summed E-state index contributed by atoms with van der Waals surface area (Å²) in [6.45, 7) is 1.91. The molecule has 5 nitrogen and oxygen atoms in total. The van der Waals surface area contributed by atoms with E-state index in [1.165, 1.54) is 0 Å². The predicted octanol–water partition coefficient (Wildman–Crippen LogP) is 1.11. The van der Waals surface area contributed by atoms with Crippen LogP contribution in [-0.4, -0.2) is 30.7 Å². The van der Waals surface area contributed by atoms with E-state index in [0.29, 0.717) is 16.3 Å². The summed E-state index contributed by atoms with van der Waals surface area (Å²) in [6.07, 6.45) is 0. The van der Waals surface area contributed by atoms with E-state index >= 15 is 0 Å². The molecule has 1 amide bonds. The number of nitrogens with one attached hydrogen (secondary N) is 1. The number of amides is 1. The van der Waals surface area contributed by atoms with Crippen molar-refractivity contribution in [2.75, 3.05) is 23.9 Å². The quantitative estimate of drug-likeness (QED) is 0.768. The molecule has 2 atom stereocenters. The molecular weight excluding hydrogens is 254 g/mol. The van der Waals surface area contributed by atoms with Crippen molar-refractivity contribution >= 4 is 28.9 Å². The molecule has 4 N–H and O–H groups in total. The average molecular weight is 270 g/mol. The van der Waals surface area contributed by atoms with Gasteiger partial charge in [0.15, 0.2) is 0 Å². The third kappa shape index (κ3) is 2.05. The van der Waals surface area contributed by atoms with Crippen LogP contribution in [0.3, 0.4) is 0 Å². The molecule has 0 aliphatic carbocycles. The lowest BCUT2D eigenvalue weighted by atomic mass is 10.1. The third-order valence-corrected chi connectivity index (χ3v) is 3.60. The highest BCUT2D eigenvalue weighted by Crippen LogP contribution is 2.38. The van der Waals surface area contributed by atoms with E-state index in [0.717, 1.165) is 5.69 Å². The van der Waals surface area contributed by atoms with Gasteiger partial charge in [-0.15, -0.1) is 0 Å². The van der Waals surface area contributed by atoms with E-state index in [9.17, 15) is 4.79 Å². The van der Waals surface area contributed by atoms with Gasteiger partial charge in [-0.1, -0.05) is 11.6 Å². The predicted molar refractivity (Wildman–Crippen MR) is 72.0 cm³/mol. The van der Waals surface area contributed by atoms with Gasteiger partial charge in [0, 0.05) is 24.3 Å². The van der Waals surface area contributed by atoms with Gasteiger partial charge in [0.25, 0.3) is 0 Å². The van der Waals surface area contributed by atoms with Crippen molar-refractivity contribution in [1.29, 1.82) is 0 Å². The molecule has 1 aliphatic rings. The van der Waals surface area contributed by atoms with Crippen molar-refractivity contribution in [1.82, 2.24) is 0 Å². The number of benzene rings is 1. The molecule has 1 aromatic carbocycles. The van der Waals surface area contributed by atoms with Crippen LogP contribution >= 0.6 is 11.6 Å². The summed E-state index contributed by atoms with van der Waals surface area (Å²) in [4.78, 5) is 13.3. The summed E-state index contributed by atoms with van der Waals surface area (Å²) in [7, 11) is 1.84. The highest BCUT2D eigenvalue weighted by atomic mass is 35.5. The largest absolute Gasteiger partial charge is 0.394 e. The Labute approximate surface area is 111 Å². The van der Waals surface area contributed by atoms with E-state index < -0.39 is 6.04 Å². The Kier molecular flexibility index (Phi) is 3.47. The molecule has 0 fully saturated rings. The minimum absolute atomic E-state index is 0.0236. The summed E-state index contributed by atoms with van der Waals surface area (Å²) < 4.78 is 0. The Morgan fingerprint density at radius 1 is 1.61 bits per heavy atom. The summed E-state index contributed by atoms with van der Waals surface area (Å²) in [6, 6.07) is 2.77. The van der Waals surface area contributed by atoms with E-state index in [1.807, 2.05) is 18.9 Å². The first-order valence-electron chi connectivity index (χ1n) is 5.69. The fraction of sp³-hybridized carbons (Fsp3) is 0.417. The van der Waals surface area contributed by atoms with Crippen molar-refractivity contribution < 1.29 is 9.90 Å². The Balaban J connectivity index is 2.41. The normalized spacial score (nSPS) is 19.4. The fourth-order valence-electron chi connectivity index (χ4n) is 1.92. The van der Waals surface area contributed by atoms with Gasteiger partial charge < -0.3 is 21.1 Å². The van der Waals surface area contributed by atoms with Crippen LogP contribution in [0.1, 0.15) is 18.5 Å². The summed E-state index contributed by atoms with van der Waals surface area (Å²) in [5, 5.41) is 12.4. The van der Waals surface area contributed by atoms with Crippen LogP contribution in [0, 0.1) is 0 Å². The molecule has 98 valence electrons. The van der Waals surface area contributed by atoms with Gasteiger partial charge in [-0.25, -0.2) is 0 Å². The number of carbonyl (C=O) groups excluding carboxylic acids is 1. The van der Waals surface area contributed by atoms with Gasteiger partial charge in [-0.05, 0) is 19.1 Å². The maximum atomic E-state index is 11.5. The van der Waals surface area contributed by atoms with Crippen molar-refractivity contribution in [3.05, 3.63) is 22.7 Å². The number of halogens is 1. The van der Waals surface area contributed by atoms with Crippen molar-refractivity contribution in [3.63, 3.8) is 0 Å². The van der Waals surface area contributed by atoms with E-state index in [1.54, 1.807) is 12.1 Å². The number of nitrogens with two attached hydrogens (primary N) is 1. The topological polar surface area (TPSA) is 78.6 Å². The Bertz CT molecular complexity index is 492. The highest BCUT2D eigenvalue weighted by Gasteiger charge is 2.29. The maximum Gasteiger partial charge on any atom is 0.245 e. The monoisotopic (exact) mass is 269 g/mol. The molecule has 0 bridgehead atoms. The standard InChI is InChI=1S/C12H16ClN3O2/c1-6(5-17)16(2)10-4-9-7(3-8(10)13)11(14)12(18)15-9/h3-4,6,11,17H,5,14H2,1-2H3,(H,15,18). The highest BCUT2D eigenvalue weighted by molar-refractivity contribution is 6.33. The zero-order valence-electron chi connectivity index (χ0n) is 10.3. The minimum atomic E-state index is -0.660. The number of hydrogen-bond donors (Lipinski definition) is 3. The molecule has 6 heteroatoms.